The number of thioether (sulfide) groups is 1. The third kappa shape index (κ3) is 3.44. The number of nitrogens with zero attached hydrogens (tertiary/aromatic N) is 3. The molecule has 21 heavy (non-hydrogen) atoms. The molecular formula is C15H18N4OS. The summed E-state index contributed by atoms with van der Waals surface area (Å²) in [5.74, 6) is 0.0550. The van der Waals surface area contributed by atoms with Crippen LogP contribution in [0, 0.1) is 0 Å². The van der Waals surface area contributed by atoms with Crippen molar-refractivity contribution in [2.75, 3.05) is 0 Å². The fraction of sp³-hybridized carbons (Fsp3) is 0.400. The minimum Gasteiger partial charge on any atom is -0.352 e. The van der Waals surface area contributed by atoms with Gasteiger partial charge >= 0.3 is 0 Å². The van der Waals surface area contributed by atoms with Crippen LogP contribution < -0.4 is 5.32 Å². The molecule has 0 aliphatic heterocycles. The number of benzene rings is 1. The maximum absolute atomic E-state index is 12.5. The molecule has 0 unspecified atom stereocenters. The first-order chi connectivity index (χ1) is 10.3. The maximum atomic E-state index is 12.5. The Morgan fingerprint density at radius 1 is 1.43 bits per heavy atom. The fourth-order valence-corrected chi connectivity index (χ4v) is 3.15. The van der Waals surface area contributed by atoms with Crippen molar-refractivity contribution in [1.82, 2.24) is 20.1 Å². The average molecular weight is 302 g/mol. The quantitative estimate of drug-likeness (QED) is 0.833. The summed E-state index contributed by atoms with van der Waals surface area (Å²) in [6, 6.07) is 10.2. The van der Waals surface area contributed by atoms with Gasteiger partial charge in [0.2, 0.25) is 5.91 Å². The van der Waals surface area contributed by atoms with Crippen LogP contribution >= 0.6 is 11.8 Å². The molecule has 110 valence electrons. The van der Waals surface area contributed by atoms with Crippen molar-refractivity contribution in [3.63, 3.8) is 0 Å². The van der Waals surface area contributed by atoms with Crippen LogP contribution in [-0.4, -0.2) is 26.7 Å². The van der Waals surface area contributed by atoms with Crippen molar-refractivity contribution in [2.45, 2.75) is 42.8 Å². The van der Waals surface area contributed by atoms with Crippen LogP contribution in [0.2, 0.25) is 0 Å². The monoisotopic (exact) mass is 302 g/mol. The van der Waals surface area contributed by atoms with Crippen molar-refractivity contribution in [3.8, 4) is 0 Å². The lowest BCUT2D eigenvalue weighted by Gasteiger charge is -2.16. The summed E-state index contributed by atoms with van der Waals surface area (Å²) in [6.07, 6.45) is 3.87. The van der Waals surface area contributed by atoms with Crippen LogP contribution in [0.4, 0.5) is 0 Å². The highest BCUT2D eigenvalue weighted by molar-refractivity contribution is 8.00. The van der Waals surface area contributed by atoms with E-state index in [2.05, 4.69) is 15.5 Å². The molecule has 6 heteroatoms. The number of aryl methyl sites for hydroxylation is 1. The minimum atomic E-state index is -0.290. The highest BCUT2D eigenvalue weighted by atomic mass is 32.2. The first kappa shape index (κ1) is 14.1. The summed E-state index contributed by atoms with van der Waals surface area (Å²) >= 11 is 1.45. The van der Waals surface area contributed by atoms with Crippen molar-refractivity contribution in [2.24, 2.45) is 0 Å². The SMILES string of the molecule is CCn1cnnc1S[C@H](C(=O)NC1CC1)c1ccccc1. The first-order valence-corrected chi connectivity index (χ1v) is 8.05. The van der Waals surface area contributed by atoms with E-state index in [9.17, 15) is 4.79 Å². The van der Waals surface area contributed by atoms with E-state index in [4.69, 9.17) is 0 Å². The van der Waals surface area contributed by atoms with Gasteiger partial charge in [-0.15, -0.1) is 10.2 Å². The van der Waals surface area contributed by atoms with Gasteiger partial charge in [0.05, 0.1) is 0 Å². The first-order valence-electron chi connectivity index (χ1n) is 7.17. The van der Waals surface area contributed by atoms with Crippen LogP contribution in [0.5, 0.6) is 0 Å². The van der Waals surface area contributed by atoms with Gasteiger partial charge in [-0.2, -0.15) is 0 Å². The molecule has 0 bridgehead atoms. The molecule has 1 aliphatic carbocycles. The summed E-state index contributed by atoms with van der Waals surface area (Å²) in [5.41, 5.74) is 0.992. The Bertz CT molecular complexity index is 609. The van der Waals surface area contributed by atoms with Gasteiger partial charge in [-0.3, -0.25) is 4.79 Å². The van der Waals surface area contributed by atoms with Crippen LogP contribution in [0.1, 0.15) is 30.6 Å². The van der Waals surface area contributed by atoms with Crippen molar-refractivity contribution >= 4 is 17.7 Å². The highest BCUT2D eigenvalue weighted by Gasteiger charge is 2.30. The van der Waals surface area contributed by atoms with Gasteiger partial charge in [0.15, 0.2) is 5.16 Å². The Kier molecular flexibility index (Phi) is 4.24. The second-order valence-corrected chi connectivity index (χ2v) is 6.16. The second kappa shape index (κ2) is 6.30. The molecule has 5 nitrogen and oxygen atoms in total. The number of hydrogen-bond acceptors (Lipinski definition) is 4. The van der Waals surface area contributed by atoms with Crippen LogP contribution in [0.15, 0.2) is 41.8 Å². The summed E-state index contributed by atoms with van der Waals surface area (Å²) in [6.45, 7) is 2.83. The zero-order valence-corrected chi connectivity index (χ0v) is 12.7. The molecule has 1 aliphatic rings. The summed E-state index contributed by atoms with van der Waals surface area (Å²) < 4.78 is 1.95. The smallest absolute Gasteiger partial charge is 0.238 e. The molecule has 3 rings (SSSR count). The van der Waals surface area contributed by atoms with Crippen molar-refractivity contribution in [1.29, 1.82) is 0 Å². The molecule has 1 saturated carbocycles. The minimum absolute atomic E-state index is 0.0550. The number of carbonyl (C=O) groups is 1. The molecule has 1 amide bonds. The Balaban J connectivity index is 1.83. The Labute approximate surface area is 128 Å². The summed E-state index contributed by atoms with van der Waals surface area (Å²) in [5, 5.41) is 11.6. The average Bonchev–Trinajstić information content (AvgIpc) is 3.21. The van der Waals surface area contributed by atoms with Crippen LogP contribution in [0.3, 0.4) is 0 Å². The van der Waals surface area contributed by atoms with Gasteiger partial charge in [-0.05, 0) is 25.3 Å². The predicted octanol–water partition coefficient (Wildman–Crippen LogP) is 2.41. The molecule has 1 heterocycles. The highest BCUT2D eigenvalue weighted by Crippen LogP contribution is 2.35. The third-order valence-corrected chi connectivity index (χ3v) is 4.66. The van der Waals surface area contributed by atoms with Gasteiger partial charge < -0.3 is 9.88 Å². The van der Waals surface area contributed by atoms with Gasteiger partial charge in [-0.1, -0.05) is 42.1 Å². The predicted molar refractivity (Wildman–Crippen MR) is 81.9 cm³/mol. The number of nitrogens with one attached hydrogen (secondary N) is 1. The van der Waals surface area contributed by atoms with E-state index >= 15 is 0 Å². The lowest BCUT2D eigenvalue weighted by Crippen LogP contribution is -2.29. The van der Waals surface area contributed by atoms with E-state index in [1.807, 2.05) is 41.8 Å². The molecule has 2 aromatic rings. The molecule has 1 fully saturated rings. The molecule has 1 N–H and O–H groups in total. The summed E-state index contributed by atoms with van der Waals surface area (Å²) in [4.78, 5) is 12.5. The van der Waals surface area contributed by atoms with E-state index in [0.717, 1.165) is 30.1 Å². The third-order valence-electron chi connectivity index (χ3n) is 3.41. The van der Waals surface area contributed by atoms with Gasteiger partial charge in [0, 0.05) is 12.6 Å². The van der Waals surface area contributed by atoms with E-state index in [-0.39, 0.29) is 11.2 Å². The number of rotatable bonds is 6. The van der Waals surface area contributed by atoms with Gasteiger partial charge in [-0.25, -0.2) is 0 Å². The van der Waals surface area contributed by atoms with E-state index in [1.54, 1.807) is 6.33 Å². The number of hydrogen-bond donors (Lipinski definition) is 1. The Morgan fingerprint density at radius 3 is 2.86 bits per heavy atom. The van der Waals surface area contributed by atoms with Crippen LogP contribution in [0.25, 0.3) is 0 Å². The van der Waals surface area contributed by atoms with Crippen molar-refractivity contribution < 1.29 is 4.79 Å². The fourth-order valence-electron chi connectivity index (χ4n) is 2.06. The largest absolute Gasteiger partial charge is 0.352 e. The number of aromatic nitrogens is 3. The maximum Gasteiger partial charge on any atom is 0.238 e. The lowest BCUT2D eigenvalue weighted by atomic mass is 10.1. The topological polar surface area (TPSA) is 59.8 Å². The van der Waals surface area contributed by atoms with Gasteiger partial charge in [0.25, 0.3) is 0 Å². The number of carbonyl (C=O) groups excluding carboxylic acids is 1. The number of amides is 1. The molecule has 1 aromatic heterocycles. The molecule has 0 saturated heterocycles. The van der Waals surface area contributed by atoms with Crippen LogP contribution in [-0.2, 0) is 11.3 Å². The standard InChI is InChI=1S/C15H18N4OS/c1-2-19-10-16-18-15(19)21-13(11-6-4-3-5-7-11)14(20)17-12-8-9-12/h3-7,10,12-13H,2,8-9H2,1H3,(H,17,20)/t13-/m0/s1. The zero-order valence-electron chi connectivity index (χ0n) is 11.9. The zero-order chi connectivity index (χ0) is 14.7. The molecule has 1 aromatic carbocycles. The normalized spacial score (nSPS) is 15.7. The Hall–Kier alpha value is -1.82. The molecular weight excluding hydrogens is 284 g/mol. The Morgan fingerprint density at radius 2 is 2.19 bits per heavy atom. The van der Waals surface area contributed by atoms with Gasteiger partial charge in [0.1, 0.15) is 11.6 Å². The molecule has 1 atom stereocenters. The summed E-state index contributed by atoms with van der Waals surface area (Å²) in [7, 11) is 0. The lowest BCUT2D eigenvalue weighted by molar-refractivity contribution is -0.120. The van der Waals surface area contributed by atoms with Crippen molar-refractivity contribution in [3.05, 3.63) is 42.2 Å². The molecule has 0 radical (unpaired) electrons. The van der Waals surface area contributed by atoms with E-state index in [0.29, 0.717) is 6.04 Å². The molecule has 0 spiro atoms. The van der Waals surface area contributed by atoms with E-state index in [1.165, 1.54) is 11.8 Å². The van der Waals surface area contributed by atoms with E-state index < -0.39 is 0 Å². The second-order valence-electron chi connectivity index (χ2n) is 5.09.